The molecule has 0 spiro atoms. The van der Waals surface area contributed by atoms with E-state index in [-0.39, 0.29) is 30.9 Å². The Balaban J connectivity index is 1.92. The third-order valence-electron chi connectivity index (χ3n) is 4.67. The molecule has 0 aromatic heterocycles. The molecule has 8 heteroatoms. The minimum absolute atomic E-state index is 0.0354. The van der Waals surface area contributed by atoms with Crippen LogP contribution in [0.2, 0.25) is 0 Å². The van der Waals surface area contributed by atoms with Gasteiger partial charge in [0.1, 0.15) is 9.84 Å². The lowest BCUT2D eigenvalue weighted by molar-refractivity contribution is 0.368. The Bertz CT molecular complexity index is 535. The van der Waals surface area contributed by atoms with E-state index < -0.39 is 30.6 Å². The fraction of sp³-hybridized carbons (Fsp3) is 1.00. The molecule has 1 aliphatic carbocycles. The van der Waals surface area contributed by atoms with Crippen LogP contribution in [0.15, 0.2) is 0 Å². The first-order chi connectivity index (χ1) is 9.73. The first-order valence-electron chi connectivity index (χ1n) is 7.70. The molecule has 6 nitrogen and oxygen atoms in total. The van der Waals surface area contributed by atoms with Gasteiger partial charge in [0.05, 0.1) is 16.8 Å². The maximum atomic E-state index is 12.3. The first kappa shape index (κ1) is 17.2. The van der Waals surface area contributed by atoms with Crippen LogP contribution in [-0.2, 0) is 19.9 Å². The average molecular weight is 338 g/mol. The van der Waals surface area contributed by atoms with Crippen LogP contribution in [0.5, 0.6) is 0 Å². The van der Waals surface area contributed by atoms with Crippen LogP contribution in [0, 0.1) is 0 Å². The fourth-order valence-corrected chi connectivity index (χ4v) is 6.52. The molecule has 124 valence electrons. The van der Waals surface area contributed by atoms with Gasteiger partial charge in [0.2, 0.25) is 10.0 Å². The molecular weight excluding hydrogens is 312 g/mol. The molecule has 1 saturated heterocycles. The van der Waals surface area contributed by atoms with Gasteiger partial charge in [0, 0.05) is 12.1 Å². The molecule has 1 saturated carbocycles. The van der Waals surface area contributed by atoms with Gasteiger partial charge in [-0.15, -0.1) is 0 Å². The lowest BCUT2D eigenvalue weighted by Gasteiger charge is -2.30. The third kappa shape index (κ3) is 4.91. The second-order valence-corrected chi connectivity index (χ2v) is 10.8. The van der Waals surface area contributed by atoms with E-state index >= 15 is 0 Å². The molecular formula is C13H26N2O4S2. The number of rotatable bonds is 4. The summed E-state index contributed by atoms with van der Waals surface area (Å²) in [6.45, 7) is 0.262. The summed E-state index contributed by atoms with van der Waals surface area (Å²) >= 11 is 0. The SMILES string of the molecule is NC1(CNS(=O)(=O)C2CCS(=O)(=O)CC2)CCCCCC1. The van der Waals surface area contributed by atoms with E-state index in [0.29, 0.717) is 0 Å². The van der Waals surface area contributed by atoms with Crippen LogP contribution < -0.4 is 10.5 Å². The van der Waals surface area contributed by atoms with Crippen LogP contribution in [0.25, 0.3) is 0 Å². The maximum Gasteiger partial charge on any atom is 0.214 e. The molecule has 2 rings (SSSR count). The standard InChI is InChI=1S/C13H26N2O4S2/c14-13(7-3-1-2-4-8-13)11-15-21(18,19)12-5-9-20(16,17)10-6-12/h12,15H,1-11,14H2. The molecule has 0 aromatic rings. The van der Waals surface area contributed by atoms with Gasteiger partial charge in [-0.05, 0) is 25.7 Å². The largest absolute Gasteiger partial charge is 0.324 e. The van der Waals surface area contributed by atoms with E-state index in [9.17, 15) is 16.8 Å². The van der Waals surface area contributed by atoms with Crippen molar-refractivity contribution in [2.75, 3.05) is 18.1 Å². The molecule has 0 unspecified atom stereocenters. The number of nitrogens with two attached hydrogens (primary N) is 1. The summed E-state index contributed by atoms with van der Waals surface area (Å²) in [5.41, 5.74) is 5.86. The third-order valence-corrected chi connectivity index (χ3v) is 8.28. The Morgan fingerprint density at radius 3 is 2.10 bits per heavy atom. The normalized spacial score (nSPS) is 27.1. The minimum Gasteiger partial charge on any atom is -0.324 e. The molecule has 3 N–H and O–H groups in total. The average Bonchev–Trinajstić information content (AvgIpc) is 2.62. The highest BCUT2D eigenvalue weighted by atomic mass is 32.2. The van der Waals surface area contributed by atoms with Crippen molar-refractivity contribution in [1.82, 2.24) is 4.72 Å². The van der Waals surface area contributed by atoms with Crippen LogP contribution in [0.1, 0.15) is 51.4 Å². The summed E-state index contributed by atoms with van der Waals surface area (Å²) in [5, 5.41) is -0.601. The van der Waals surface area contributed by atoms with Crippen molar-refractivity contribution in [3.05, 3.63) is 0 Å². The number of nitrogens with one attached hydrogen (secondary N) is 1. The highest BCUT2D eigenvalue weighted by Crippen LogP contribution is 2.25. The molecule has 21 heavy (non-hydrogen) atoms. The smallest absolute Gasteiger partial charge is 0.214 e. The van der Waals surface area contributed by atoms with E-state index in [1.54, 1.807) is 0 Å². The summed E-state index contributed by atoms with van der Waals surface area (Å²) in [6.07, 6.45) is 6.46. The van der Waals surface area contributed by atoms with E-state index in [1.807, 2.05) is 0 Å². The Hall–Kier alpha value is -0.180. The summed E-state index contributed by atoms with van der Waals surface area (Å²) in [7, 11) is -6.52. The lowest BCUT2D eigenvalue weighted by atomic mass is 9.92. The van der Waals surface area contributed by atoms with E-state index in [0.717, 1.165) is 38.5 Å². The van der Waals surface area contributed by atoms with Crippen LogP contribution in [-0.4, -0.2) is 45.7 Å². The Morgan fingerprint density at radius 2 is 1.57 bits per heavy atom. The first-order valence-corrected chi connectivity index (χ1v) is 11.1. The number of sulfone groups is 1. The molecule has 2 aliphatic rings. The Labute approximate surface area is 127 Å². The monoisotopic (exact) mass is 338 g/mol. The van der Waals surface area contributed by atoms with Gasteiger partial charge in [-0.3, -0.25) is 0 Å². The molecule has 1 aliphatic heterocycles. The summed E-state index contributed by atoms with van der Waals surface area (Å²) < 4.78 is 50.0. The predicted octanol–water partition coefficient (Wildman–Crippen LogP) is 0.535. The number of sulfonamides is 1. The van der Waals surface area contributed by atoms with Gasteiger partial charge in [0.25, 0.3) is 0 Å². The summed E-state index contributed by atoms with van der Waals surface area (Å²) in [5.74, 6) is -0.0707. The number of hydrogen-bond donors (Lipinski definition) is 2. The second kappa shape index (κ2) is 6.52. The van der Waals surface area contributed by atoms with Crippen molar-refractivity contribution in [1.29, 1.82) is 0 Å². The van der Waals surface area contributed by atoms with E-state index in [4.69, 9.17) is 5.73 Å². The Kier molecular flexibility index (Phi) is 5.33. The minimum atomic E-state index is -3.48. The second-order valence-electron chi connectivity index (χ2n) is 6.49. The highest BCUT2D eigenvalue weighted by molar-refractivity contribution is 7.92. The molecule has 0 atom stereocenters. The van der Waals surface area contributed by atoms with Gasteiger partial charge in [-0.25, -0.2) is 21.6 Å². The zero-order valence-corrected chi connectivity index (χ0v) is 14.0. The van der Waals surface area contributed by atoms with Gasteiger partial charge in [-0.2, -0.15) is 0 Å². The zero-order chi connectivity index (χ0) is 15.6. The fourth-order valence-electron chi connectivity index (χ4n) is 3.15. The van der Waals surface area contributed by atoms with Gasteiger partial charge in [0.15, 0.2) is 0 Å². The van der Waals surface area contributed by atoms with Crippen molar-refractivity contribution in [3.8, 4) is 0 Å². The van der Waals surface area contributed by atoms with Crippen molar-refractivity contribution in [2.45, 2.75) is 62.2 Å². The Morgan fingerprint density at radius 1 is 1.05 bits per heavy atom. The lowest BCUT2D eigenvalue weighted by Crippen LogP contribution is -2.52. The summed E-state index contributed by atoms with van der Waals surface area (Å²) in [6, 6.07) is 0. The quantitative estimate of drug-likeness (QED) is 0.728. The molecule has 0 amide bonds. The van der Waals surface area contributed by atoms with E-state index in [2.05, 4.69) is 4.72 Å². The topological polar surface area (TPSA) is 106 Å². The van der Waals surface area contributed by atoms with Gasteiger partial charge in [-0.1, -0.05) is 25.7 Å². The number of hydrogen-bond acceptors (Lipinski definition) is 5. The van der Waals surface area contributed by atoms with Gasteiger partial charge < -0.3 is 5.73 Å². The van der Waals surface area contributed by atoms with Crippen molar-refractivity contribution < 1.29 is 16.8 Å². The zero-order valence-electron chi connectivity index (χ0n) is 12.4. The maximum absolute atomic E-state index is 12.3. The molecule has 0 radical (unpaired) electrons. The molecule has 0 bridgehead atoms. The molecule has 0 aromatic carbocycles. The van der Waals surface area contributed by atoms with Crippen LogP contribution in [0.4, 0.5) is 0 Å². The van der Waals surface area contributed by atoms with Gasteiger partial charge >= 0.3 is 0 Å². The van der Waals surface area contributed by atoms with Crippen molar-refractivity contribution in [3.63, 3.8) is 0 Å². The summed E-state index contributed by atoms with van der Waals surface area (Å²) in [4.78, 5) is 0. The van der Waals surface area contributed by atoms with Crippen LogP contribution in [0.3, 0.4) is 0 Å². The molecule has 1 heterocycles. The van der Waals surface area contributed by atoms with Crippen molar-refractivity contribution >= 4 is 19.9 Å². The predicted molar refractivity (Wildman–Crippen MR) is 83.2 cm³/mol. The van der Waals surface area contributed by atoms with E-state index in [1.165, 1.54) is 0 Å². The van der Waals surface area contributed by atoms with Crippen molar-refractivity contribution in [2.24, 2.45) is 5.73 Å². The van der Waals surface area contributed by atoms with Crippen LogP contribution >= 0.6 is 0 Å². The highest BCUT2D eigenvalue weighted by Gasteiger charge is 2.34. The molecule has 2 fully saturated rings.